The van der Waals surface area contributed by atoms with Crippen LogP contribution in [0.2, 0.25) is 0 Å². The molecule has 0 bridgehead atoms. The first kappa shape index (κ1) is 20.3. The van der Waals surface area contributed by atoms with E-state index in [0.29, 0.717) is 18.3 Å². The predicted octanol–water partition coefficient (Wildman–Crippen LogP) is 5.23. The molecule has 0 radical (unpaired) electrons. The van der Waals surface area contributed by atoms with E-state index in [1.165, 1.54) is 5.56 Å². The minimum Gasteiger partial charge on any atom is -0.494 e. The van der Waals surface area contributed by atoms with Gasteiger partial charge in [-0.1, -0.05) is 32.0 Å². The summed E-state index contributed by atoms with van der Waals surface area (Å²) in [4.78, 5) is 12.2. The van der Waals surface area contributed by atoms with Gasteiger partial charge in [-0.05, 0) is 71.1 Å². The first-order chi connectivity index (χ1) is 12.4. The molecule has 0 heterocycles. The molecule has 0 saturated carbocycles. The topological polar surface area (TPSA) is 47.6 Å². The lowest BCUT2D eigenvalue weighted by molar-refractivity contribution is -0.123. The highest BCUT2D eigenvalue weighted by molar-refractivity contribution is 9.10. The van der Waals surface area contributed by atoms with Crippen molar-refractivity contribution in [1.82, 2.24) is 5.32 Å². The van der Waals surface area contributed by atoms with Crippen molar-refractivity contribution in [3.8, 4) is 11.5 Å². The molecule has 1 amide bonds. The molecule has 0 aromatic heterocycles. The van der Waals surface area contributed by atoms with Gasteiger partial charge in [0, 0.05) is 0 Å². The number of carbonyl (C=O) groups excluding carboxylic acids is 1. The molecule has 0 fully saturated rings. The van der Waals surface area contributed by atoms with Crippen molar-refractivity contribution in [2.24, 2.45) is 0 Å². The van der Waals surface area contributed by atoms with E-state index < -0.39 is 0 Å². The van der Waals surface area contributed by atoms with E-state index in [1.807, 2.05) is 56.3 Å². The Morgan fingerprint density at radius 2 is 1.69 bits per heavy atom. The fraction of sp³-hybridized carbons (Fsp3) is 0.381. The molecule has 0 aliphatic heterocycles. The van der Waals surface area contributed by atoms with Crippen LogP contribution < -0.4 is 14.8 Å². The van der Waals surface area contributed by atoms with Gasteiger partial charge >= 0.3 is 0 Å². The second kappa shape index (κ2) is 9.62. The number of benzene rings is 2. The maximum atomic E-state index is 12.2. The van der Waals surface area contributed by atoms with Crippen molar-refractivity contribution < 1.29 is 14.3 Å². The number of nitrogens with one attached hydrogen (secondary N) is 1. The average molecular weight is 420 g/mol. The molecule has 1 atom stereocenters. The third-order valence-electron chi connectivity index (χ3n) is 4.05. The lowest BCUT2D eigenvalue weighted by Gasteiger charge is -2.16. The highest BCUT2D eigenvalue weighted by Gasteiger charge is 2.12. The molecule has 0 saturated heterocycles. The number of amides is 1. The van der Waals surface area contributed by atoms with Gasteiger partial charge in [-0.15, -0.1) is 0 Å². The Bertz CT molecular complexity index is 729. The van der Waals surface area contributed by atoms with Gasteiger partial charge < -0.3 is 14.8 Å². The molecule has 1 unspecified atom stereocenters. The van der Waals surface area contributed by atoms with Crippen LogP contribution >= 0.6 is 15.9 Å². The number of halogens is 1. The summed E-state index contributed by atoms with van der Waals surface area (Å²) in [5, 5.41) is 2.95. The Morgan fingerprint density at radius 1 is 1.04 bits per heavy atom. The zero-order chi connectivity index (χ0) is 19.1. The average Bonchev–Trinajstić information content (AvgIpc) is 2.61. The van der Waals surface area contributed by atoms with E-state index in [2.05, 4.69) is 35.1 Å². The van der Waals surface area contributed by atoms with Gasteiger partial charge in [-0.25, -0.2) is 0 Å². The molecule has 26 heavy (non-hydrogen) atoms. The number of ether oxygens (including phenoxy) is 2. The van der Waals surface area contributed by atoms with E-state index in [4.69, 9.17) is 9.47 Å². The van der Waals surface area contributed by atoms with Gasteiger partial charge in [0.05, 0.1) is 17.1 Å². The summed E-state index contributed by atoms with van der Waals surface area (Å²) < 4.78 is 11.9. The van der Waals surface area contributed by atoms with E-state index in [0.717, 1.165) is 15.8 Å². The van der Waals surface area contributed by atoms with Crippen molar-refractivity contribution in [2.75, 3.05) is 13.2 Å². The predicted molar refractivity (Wildman–Crippen MR) is 108 cm³/mol. The molecule has 2 aromatic carbocycles. The lowest BCUT2D eigenvalue weighted by atomic mass is 10.0. The molecule has 0 aliphatic rings. The highest BCUT2D eigenvalue weighted by atomic mass is 79.9. The standard InChI is InChI=1S/C21H26BrNO3/c1-5-25-18-9-6-16(7-10-18)15(4)23-21(24)13-26-20-11-8-17(14(2)3)12-19(20)22/h6-12,14-15H,5,13H2,1-4H3,(H,23,24). The van der Waals surface area contributed by atoms with Gasteiger partial charge in [0.15, 0.2) is 6.61 Å². The van der Waals surface area contributed by atoms with Crippen LogP contribution in [0.25, 0.3) is 0 Å². The van der Waals surface area contributed by atoms with E-state index >= 15 is 0 Å². The van der Waals surface area contributed by atoms with Crippen LogP contribution in [0.3, 0.4) is 0 Å². The fourth-order valence-electron chi connectivity index (χ4n) is 2.52. The molecule has 0 spiro atoms. The summed E-state index contributed by atoms with van der Waals surface area (Å²) in [6.07, 6.45) is 0. The Balaban J connectivity index is 1.88. The Labute approximate surface area is 164 Å². The molecule has 140 valence electrons. The number of hydrogen-bond donors (Lipinski definition) is 1. The number of rotatable bonds is 8. The van der Waals surface area contributed by atoms with Crippen molar-refractivity contribution in [3.05, 3.63) is 58.1 Å². The van der Waals surface area contributed by atoms with Crippen LogP contribution in [0, 0.1) is 0 Å². The highest BCUT2D eigenvalue weighted by Crippen LogP contribution is 2.28. The van der Waals surface area contributed by atoms with Crippen LogP contribution in [0.1, 0.15) is 50.8 Å². The minimum absolute atomic E-state index is 0.0268. The van der Waals surface area contributed by atoms with Crippen molar-refractivity contribution in [2.45, 2.75) is 39.7 Å². The van der Waals surface area contributed by atoms with Crippen molar-refractivity contribution in [1.29, 1.82) is 0 Å². The second-order valence-electron chi connectivity index (χ2n) is 6.42. The Morgan fingerprint density at radius 3 is 2.27 bits per heavy atom. The first-order valence-electron chi connectivity index (χ1n) is 8.85. The molecule has 0 aliphatic carbocycles. The van der Waals surface area contributed by atoms with Crippen LogP contribution in [-0.2, 0) is 4.79 Å². The van der Waals surface area contributed by atoms with E-state index in [9.17, 15) is 4.79 Å². The smallest absolute Gasteiger partial charge is 0.258 e. The molecular formula is C21H26BrNO3. The summed E-state index contributed by atoms with van der Waals surface area (Å²) in [7, 11) is 0. The maximum Gasteiger partial charge on any atom is 0.258 e. The number of carbonyl (C=O) groups is 1. The Hall–Kier alpha value is -2.01. The largest absolute Gasteiger partial charge is 0.494 e. The summed E-state index contributed by atoms with van der Waals surface area (Å²) in [5.41, 5.74) is 2.24. The van der Waals surface area contributed by atoms with Gasteiger partial charge in [0.1, 0.15) is 11.5 Å². The second-order valence-corrected chi connectivity index (χ2v) is 7.28. The quantitative estimate of drug-likeness (QED) is 0.637. The van der Waals surface area contributed by atoms with Crippen LogP contribution in [0.4, 0.5) is 0 Å². The SMILES string of the molecule is CCOc1ccc(C(C)NC(=O)COc2ccc(C(C)C)cc2Br)cc1. The molecule has 2 rings (SSSR count). The fourth-order valence-corrected chi connectivity index (χ4v) is 3.03. The van der Waals surface area contributed by atoms with Gasteiger partial charge in [0.25, 0.3) is 5.91 Å². The monoisotopic (exact) mass is 419 g/mol. The molecule has 5 heteroatoms. The van der Waals surface area contributed by atoms with Gasteiger partial charge in [0.2, 0.25) is 0 Å². The maximum absolute atomic E-state index is 12.2. The molecule has 2 aromatic rings. The molecule has 4 nitrogen and oxygen atoms in total. The zero-order valence-corrected chi connectivity index (χ0v) is 17.3. The zero-order valence-electron chi connectivity index (χ0n) is 15.7. The molecular weight excluding hydrogens is 394 g/mol. The first-order valence-corrected chi connectivity index (χ1v) is 9.64. The summed E-state index contributed by atoms with van der Waals surface area (Å²) in [5.74, 6) is 1.77. The van der Waals surface area contributed by atoms with Crippen LogP contribution in [-0.4, -0.2) is 19.1 Å². The molecule has 1 N–H and O–H groups in total. The summed E-state index contributed by atoms with van der Waals surface area (Å²) in [6, 6.07) is 13.6. The van der Waals surface area contributed by atoms with E-state index in [-0.39, 0.29) is 18.6 Å². The lowest BCUT2D eigenvalue weighted by Crippen LogP contribution is -2.31. The third-order valence-corrected chi connectivity index (χ3v) is 4.67. The Kier molecular flexibility index (Phi) is 7.51. The minimum atomic E-state index is -0.161. The van der Waals surface area contributed by atoms with Crippen LogP contribution in [0.5, 0.6) is 11.5 Å². The third kappa shape index (κ3) is 5.77. The summed E-state index contributed by atoms with van der Waals surface area (Å²) >= 11 is 3.50. The van der Waals surface area contributed by atoms with Crippen molar-refractivity contribution in [3.63, 3.8) is 0 Å². The normalized spacial score (nSPS) is 11.9. The van der Waals surface area contributed by atoms with Crippen molar-refractivity contribution >= 4 is 21.8 Å². The number of hydrogen-bond acceptors (Lipinski definition) is 3. The van der Waals surface area contributed by atoms with Gasteiger partial charge in [-0.2, -0.15) is 0 Å². The van der Waals surface area contributed by atoms with E-state index in [1.54, 1.807) is 0 Å². The summed E-state index contributed by atoms with van der Waals surface area (Å²) in [6.45, 7) is 8.78. The van der Waals surface area contributed by atoms with Gasteiger partial charge in [-0.3, -0.25) is 4.79 Å². The van der Waals surface area contributed by atoms with Crippen LogP contribution in [0.15, 0.2) is 46.9 Å².